The first-order chi connectivity index (χ1) is 5.22. The molecular weight excluding hydrogens is 150 g/mol. The average Bonchev–Trinajstić information content (AvgIpc) is 1.97. The van der Waals surface area contributed by atoms with Crippen LogP contribution in [0.2, 0.25) is 0 Å². The second kappa shape index (κ2) is 5.60. The minimum Gasteiger partial charge on any atom is -0.396 e. The maximum absolute atomic E-state index is 10.3. The van der Waals surface area contributed by atoms with Crippen LogP contribution in [0, 0.1) is 4.91 Å². The number of rotatable bonds is 5. The largest absolute Gasteiger partial charge is 0.396 e. The molecule has 6 heteroatoms. The summed E-state index contributed by atoms with van der Waals surface area (Å²) in [4.78, 5) is 20.2. The molecular formula is C5H11N3O3. The van der Waals surface area contributed by atoms with Crippen LogP contribution >= 0.6 is 0 Å². The molecule has 0 heterocycles. The molecule has 3 N–H and O–H groups in total. The lowest BCUT2D eigenvalue weighted by Gasteiger charge is -2.08. The predicted octanol–water partition coefficient (Wildman–Crippen LogP) is -0.179. The number of nitroso groups, excluding NO2 is 1. The van der Waals surface area contributed by atoms with Crippen LogP contribution in [-0.4, -0.2) is 29.3 Å². The molecule has 0 aliphatic heterocycles. The number of aliphatic hydroxyl groups is 1. The number of unbranched alkanes of at least 4 members (excludes halogenated alkanes) is 1. The summed E-state index contributed by atoms with van der Waals surface area (Å²) in [5.41, 5.74) is 4.76. The van der Waals surface area contributed by atoms with Gasteiger partial charge in [-0.05, 0) is 12.8 Å². The number of carbonyl (C=O) groups is 1. The van der Waals surface area contributed by atoms with E-state index in [0.717, 1.165) is 0 Å². The highest BCUT2D eigenvalue weighted by Crippen LogP contribution is 1.94. The lowest BCUT2D eigenvalue weighted by molar-refractivity contribution is 0.204. The molecule has 0 aromatic heterocycles. The van der Waals surface area contributed by atoms with E-state index in [-0.39, 0.29) is 13.2 Å². The molecule has 0 fully saturated rings. The van der Waals surface area contributed by atoms with Gasteiger partial charge in [0.2, 0.25) is 0 Å². The van der Waals surface area contributed by atoms with Crippen molar-refractivity contribution in [3.63, 3.8) is 0 Å². The van der Waals surface area contributed by atoms with Crippen molar-refractivity contribution in [2.24, 2.45) is 11.0 Å². The Hall–Kier alpha value is -1.17. The number of amides is 2. The Morgan fingerprint density at radius 2 is 2.18 bits per heavy atom. The molecule has 0 aromatic carbocycles. The minimum atomic E-state index is -0.863. The highest BCUT2D eigenvalue weighted by atomic mass is 16.3. The van der Waals surface area contributed by atoms with Gasteiger partial charge < -0.3 is 10.8 Å². The van der Waals surface area contributed by atoms with Gasteiger partial charge in [-0.3, -0.25) is 0 Å². The van der Waals surface area contributed by atoms with Crippen LogP contribution in [0.5, 0.6) is 0 Å². The van der Waals surface area contributed by atoms with E-state index in [1.807, 2.05) is 0 Å². The molecule has 2 amide bonds. The summed E-state index contributed by atoms with van der Waals surface area (Å²) in [6.45, 7) is 0.199. The van der Waals surface area contributed by atoms with Gasteiger partial charge in [-0.15, -0.1) is 4.91 Å². The van der Waals surface area contributed by atoms with Gasteiger partial charge in [0.05, 0.1) is 5.29 Å². The van der Waals surface area contributed by atoms with Gasteiger partial charge in [0.1, 0.15) is 0 Å². The van der Waals surface area contributed by atoms with Gasteiger partial charge in [-0.1, -0.05) is 0 Å². The van der Waals surface area contributed by atoms with Crippen molar-refractivity contribution >= 4 is 6.03 Å². The molecule has 0 aliphatic rings. The predicted molar refractivity (Wildman–Crippen MR) is 38.4 cm³/mol. The Balaban J connectivity index is 3.52. The molecule has 0 rings (SSSR count). The molecule has 6 nitrogen and oxygen atoms in total. The van der Waals surface area contributed by atoms with Crippen molar-refractivity contribution < 1.29 is 9.90 Å². The number of aliphatic hydroxyl groups excluding tert-OH is 1. The second-order valence-corrected chi connectivity index (χ2v) is 1.97. The van der Waals surface area contributed by atoms with Gasteiger partial charge >= 0.3 is 6.03 Å². The first-order valence-corrected chi connectivity index (χ1v) is 3.23. The number of hydrogen-bond donors (Lipinski definition) is 2. The standard InChI is InChI=1S/C5H11N3O3/c6-5(10)8(7-11)3-1-2-4-9/h9H,1-4H2,(H2,6,10). The summed E-state index contributed by atoms with van der Waals surface area (Å²) < 4.78 is 0. The number of nitrogens with two attached hydrogens (primary N) is 1. The van der Waals surface area contributed by atoms with E-state index >= 15 is 0 Å². The molecule has 0 bridgehead atoms. The molecule has 11 heavy (non-hydrogen) atoms. The van der Waals surface area contributed by atoms with Crippen LogP contribution in [0.15, 0.2) is 5.29 Å². The zero-order chi connectivity index (χ0) is 8.69. The van der Waals surface area contributed by atoms with Crippen LogP contribution < -0.4 is 5.73 Å². The summed E-state index contributed by atoms with van der Waals surface area (Å²) in [5, 5.41) is 11.4. The summed E-state index contributed by atoms with van der Waals surface area (Å²) in [7, 11) is 0. The number of nitrogens with zero attached hydrogens (tertiary/aromatic N) is 2. The molecule has 0 aliphatic carbocycles. The van der Waals surface area contributed by atoms with Crippen molar-refractivity contribution in [2.75, 3.05) is 13.2 Å². The van der Waals surface area contributed by atoms with Gasteiger partial charge in [-0.2, -0.15) is 5.01 Å². The van der Waals surface area contributed by atoms with Gasteiger partial charge in [-0.25, -0.2) is 4.79 Å². The average molecular weight is 161 g/mol. The van der Waals surface area contributed by atoms with E-state index in [1.54, 1.807) is 0 Å². The van der Waals surface area contributed by atoms with Crippen molar-refractivity contribution in [3.05, 3.63) is 4.91 Å². The normalized spacial score (nSPS) is 9.18. The van der Waals surface area contributed by atoms with E-state index in [0.29, 0.717) is 17.9 Å². The van der Waals surface area contributed by atoms with Crippen molar-refractivity contribution in [2.45, 2.75) is 12.8 Å². The Kier molecular flexibility index (Phi) is 5.01. The monoisotopic (exact) mass is 161 g/mol. The van der Waals surface area contributed by atoms with Crippen LogP contribution in [0.1, 0.15) is 12.8 Å². The Bertz CT molecular complexity index is 139. The van der Waals surface area contributed by atoms with E-state index in [1.165, 1.54) is 0 Å². The van der Waals surface area contributed by atoms with Gasteiger partial charge in [0.15, 0.2) is 0 Å². The van der Waals surface area contributed by atoms with Crippen LogP contribution in [0.25, 0.3) is 0 Å². The van der Waals surface area contributed by atoms with E-state index in [9.17, 15) is 9.70 Å². The maximum atomic E-state index is 10.3. The fourth-order valence-corrected chi connectivity index (χ4v) is 0.565. The molecule has 0 saturated heterocycles. The smallest absolute Gasteiger partial charge is 0.337 e. The Morgan fingerprint density at radius 3 is 2.55 bits per heavy atom. The quantitative estimate of drug-likeness (QED) is 0.332. The highest BCUT2D eigenvalue weighted by Gasteiger charge is 2.07. The third-order valence-corrected chi connectivity index (χ3v) is 1.13. The number of hydrogen-bond acceptors (Lipinski definition) is 4. The van der Waals surface area contributed by atoms with E-state index in [2.05, 4.69) is 5.29 Å². The zero-order valence-electron chi connectivity index (χ0n) is 6.06. The highest BCUT2D eigenvalue weighted by molar-refractivity contribution is 5.71. The maximum Gasteiger partial charge on any atom is 0.337 e. The fraction of sp³-hybridized carbons (Fsp3) is 0.800. The topological polar surface area (TPSA) is 96.0 Å². The Labute approximate surface area is 63.9 Å². The number of carbonyl (C=O) groups excluding carboxylic acids is 1. The summed E-state index contributed by atoms with van der Waals surface area (Å²) in [6.07, 6.45) is 1.05. The summed E-state index contributed by atoms with van der Waals surface area (Å²) in [5.74, 6) is 0. The lowest BCUT2D eigenvalue weighted by atomic mass is 10.3. The Morgan fingerprint density at radius 1 is 1.55 bits per heavy atom. The third-order valence-electron chi connectivity index (χ3n) is 1.13. The second-order valence-electron chi connectivity index (χ2n) is 1.97. The lowest BCUT2D eigenvalue weighted by Crippen LogP contribution is -2.31. The van der Waals surface area contributed by atoms with Gasteiger partial charge in [0, 0.05) is 13.2 Å². The summed E-state index contributed by atoms with van der Waals surface area (Å²) in [6, 6.07) is -0.863. The molecule has 0 radical (unpaired) electrons. The first-order valence-electron chi connectivity index (χ1n) is 3.23. The molecule has 0 aromatic rings. The van der Waals surface area contributed by atoms with E-state index in [4.69, 9.17) is 10.8 Å². The number of primary amides is 1. The van der Waals surface area contributed by atoms with Gasteiger partial charge in [0.25, 0.3) is 0 Å². The van der Waals surface area contributed by atoms with Crippen molar-refractivity contribution in [1.29, 1.82) is 0 Å². The fourth-order valence-electron chi connectivity index (χ4n) is 0.565. The van der Waals surface area contributed by atoms with Crippen LogP contribution in [-0.2, 0) is 0 Å². The SMILES string of the molecule is NC(=O)N(CCCCO)N=O. The number of urea groups is 1. The molecule has 0 spiro atoms. The minimum absolute atomic E-state index is 0.0332. The van der Waals surface area contributed by atoms with Crippen LogP contribution in [0.3, 0.4) is 0 Å². The molecule has 0 saturated carbocycles. The first kappa shape index (κ1) is 9.83. The zero-order valence-corrected chi connectivity index (χ0v) is 6.06. The third kappa shape index (κ3) is 4.26. The van der Waals surface area contributed by atoms with Crippen molar-refractivity contribution in [1.82, 2.24) is 5.01 Å². The molecule has 0 unspecified atom stereocenters. The van der Waals surface area contributed by atoms with Crippen molar-refractivity contribution in [3.8, 4) is 0 Å². The molecule has 64 valence electrons. The summed E-state index contributed by atoms with van der Waals surface area (Å²) >= 11 is 0. The molecule has 0 atom stereocenters. The van der Waals surface area contributed by atoms with Crippen LogP contribution in [0.4, 0.5) is 4.79 Å². The van der Waals surface area contributed by atoms with E-state index < -0.39 is 6.03 Å².